The van der Waals surface area contributed by atoms with Gasteiger partial charge in [-0.15, -0.1) is 0 Å². The fraction of sp³-hybridized carbons (Fsp3) is 0.400. The molecule has 0 amide bonds. The predicted molar refractivity (Wildman–Crippen MR) is 77.7 cm³/mol. The maximum atomic E-state index is 11.0. The van der Waals surface area contributed by atoms with Crippen molar-refractivity contribution in [2.75, 3.05) is 26.2 Å². The number of hydrogen-bond acceptors (Lipinski definition) is 5. The van der Waals surface area contributed by atoms with Crippen LogP contribution in [0.2, 0.25) is 0 Å². The van der Waals surface area contributed by atoms with Crippen molar-refractivity contribution in [1.82, 2.24) is 14.9 Å². The van der Waals surface area contributed by atoms with Gasteiger partial charge in [-0.25, -0.2) is 14.8 Å². The molecule has 0 saturated carbocycles. The van der Waals surface area contributed by atoms with E-state index in [1.54, 1.807) is 12.1 Å². The molecule has 0 radical (unpaired) electrons. The Morgan fingerprint density at radius 2 is 2.10 bits per heavy atom. The largest absolute Gasteiger partial charge is 0.478 e. The Hall–Kier alpha value is -2.21. The third kappa shape index (κ3) is 3.11. The molecule has 0 unspecified atom stereocenters. The van der Waals surface area contributed by atoms with Gasteiger partial charge in [0.2, 0.25) is 5.88 Å². The molecule has 0 bridgehead atoms. The lowest BCUT2D eigenvalue weighted by Crippen LogP contribution is -2.25. The van der Waals surface area contributed by atoms with Crippen LogP contribution in [0.15, 0.2) is 24.5 Å². The number of carboxylic acid groups (broad SMARTS) is 1. The summed E-state index contributed by atoms with van der Waals surface area (Å²) in [5, 5.41) is 9.74. The Kier molecular flexibility index (Phi) is 3.96. The molecule has 2 heterocycles. The zero-order valence-corrected chi connectivity index (χ0v) is 11.7. The first-order valence-corrected chi connectivity index (χ1v) is 7.07. The number of likely N-dealkylation sites (tertiary alicyclic amines) is 1. The van der Waals surface area contributed by atoms with Crippen LogP contribution in [-0.2, 0) is 0 Å². The molecule has 1 fully saturated rings. The maximum absolute atomic E-state index is 11.0. The van der Waals surface area contributed by atoms with Crippen LogP contribution in [0.5, 0.6) is 5.88 Å². The Morgan fingerprint density at radius 1 is 1.29 bits per heavy atom. The second kappa shape index (κ2) is 6.05. The molecule has 0 spiro atoms. The molecule has 6 nitrogen and oxygen atoms in total. The average Bonchev–Trinajstić information content (AvgIpc) is 3.00. The molecule has 1 aliphatic rings. The van der Waals surface area contributed by atoms with Crippen LogP contribution in [-0.4, -0.2) is 52.2 Å². The third-order valence-corrected chi connectivity index (χ3v) is 3.69. The van der Waals surface area contributed by atoms with Crippen LogP contribution in [0.4, 0.5) is 0 Å². The van der Waals surface area contributed by atoms with Gasteiger partial charge in [0, 0.05) is 6.54 Å². The van der Waals surface area contributed by atoms with Crippen molar-refractivity contribution in [2.45, 2.75) is 12.8 Å². The van der Waals surface area contributed by atoms with E-state index in [0.717, 1.165) is 25.0 Å². The minimum atomic E-state index is -0.966. The number of carbonyl (C=O) groups is 1. The molecule has 3 rings (SSSR count). The molecule has 1 aliphatic heterocycles. The van der Waals surface area contributed by atoms with Crippen LogP contribution in [0.3, 0.4) is 0 Å². The standard InChI is InChI=1S/C15H17N3O3/c19-15(20)11-3-4-12-13(9-11)16-10-17-14(12)21-8-7-18-5-1-2-6-18/h3-4,9-10H,1-2,5-8H2,(H,19,20). The number of aromatic nitrogens is 2. The van der Waals surface area contributed by atoms with Gasteiger partial charge in [-0.2, -0.15) is 0 Å². The topological polar surface area (TPSA) is 75.6 Å². The first-order chi connectivity index (χ1) is 10.2. The van der Waals surface area contributed by atoms with Gasteiger partial charge < -0.3 is 9.84 Å². The van der Waals surface area contributed by atoms with Crippen molar-refractivity contribution < 1.29 is 14.6 Å². The van der Waals surface area contributed by atoms with E-state index < -0.39 is 5.97 Å². The monoisotopic (exact) mass is 287 g/mol. The zero-order valence-electron chi connectivity index (χ0n) is 11.7. The summed E-state index contributed by atoms with van der Waals surface area (Å²) >= 11 is 0. The van der Waals surface area contributed by atoms with Crippen LogP contribution >= 0.6 is 0 Å². The van der Waals surface area contributed by atoms with E-state index in [1.807, 2.05) is 0 Å². The molecule has 110 valence electrons. The van der Waals surface area contributed by atoms with E-state index in [-0.39, 0.29) is 5.56 Å². The van der Waals surface area contributed by atoms with Crippen LogP contribution in [0.25, 0.3) is 10.9 Å². The highest BCUT2D eigenvalue weighted by atomic mass is 16.5. The lowest BCUT2D eigenvalue weighted by molar-refractivity contribution is 0.0697. The number of aromatic carboxylic acids is 1. The third-order valence-electron chi connectivity index (χ3n) is 3.69. The Morgan fingerprint density at radius 3 is 2.86 bits per heavy atom. The summed E-state index contributed by atoms with van der Waals surface area (Å²) in [4.78, 5) is 21.6. The van der Waals surface area contributed by atoms with Gasteiger partial charge in [0.05, 0.1) is 16.5 Å². The molecule has 0 aliphatic carbocycles. The minimum Gasteiger partial charge on any atom is -0.478 e. The summed E-state index contributed by atoms with van der Waals surface area (Å²) in [6.07, 6.45) is 3.92. The van der Waals surface area contributed by atoms with E-state index in [0.29, 0.717) is 18.0 Å². The lowest BCUT2D eigenvalue weighted by atomic mass is 10.1. The molecule has 21 heavy (non-hydrogen) atoms. The Bertz CT molecular complexity index is 654. The molecule has 1 aromatic carbocycles. The molecule has 1 saturated heterocycles. The zero-order chi connectivity index (χ0) is 14.7. The quantitative estimate of drug-likeness (QED) is 0.903. The summed E-state index contributed by atoms with van der Waals surface area (Å²) in [7, 11) is 0. The van der Waals surface area contributed by atoms with Crippen molar-refractivity contribution in [1.29, 1.82) is 0 Å². The maximum Gasteiger partial charge on any atom is 0.335 e. The van der Waals surface area contributed by atoms with E-state index in [4.69, 9.17) is 9.84 Å². The molecule has 6 heteroatoms. The van der Waals surface area contributed by atoms with Crippen molar-refractivity contribution in [2.24, 2.45) is 0 Å². The van der Waals surface area contributed by atoms with Gasteiger partial charge in [0.1, 0.15) is 12.9 Å². The average molecular weight is 287 g/mol. The van der Waals surface area contributed by atoms with E-state index in [9.17, 15) is 4.79 Å². The van der Waals surface area contributed by atoms with Gasteiger partial charge in [-0.05, 0) is 44.1 Å². The predicted octanol–water partition coefficient (Wildman–Crippen LogP) is 1.80. The van der Waals surface area contributed by atoms with Gasteiger partial charge in [-0.3, -0.25) is 4.90 Å². The highest BCUT2D eigenvalue weighted by Gasteiger charge is 2.12. The number of hydrogen-bond donors (Lipinski definition) is 1. The fourth-order valence-electron chi connectivity index (χ4n) is 2.56. The number of benzene rings is 1. The number of nitrogens with zero attached hydrogens (tertiary/aromatic N) is 3. The van der Waals surface area contributed by atoms with Crippen LogP contribution in [0, 0.1) is 0 Å². The second-order valence-electron chi connectivity index (χ2n) is 5.11. The highest BCUT2D eigenvalue weighted by molar-refractivity contribution is 5.94. The molecular formula is C15H17N3O3. The fourth-order valence-corrected chi connectivity index (χ4v) is 2.56. The SMILES string of the molecule is O=C(O)c1ccc2c(OCCN3CCCC3)ncnc2c1. The summed E-state index contributed by atoms with van der Waals surface area (Å²) in [6.45, 7) is 3.73. The molecule has 0 atom stereocenters. The van der Waals surface area contributed by atoms with Gasteiger partial charge >= 0.3 is 5.97 Å². The summed E-state index contributed by atoms with van der Waals surface area (Å²) < 4.78 is 5.74. The molecule has 2 aromatic rings. The minimum absolute atomic E-state index is 0.212. The number of ether oxygens (including phenoxy) is 1. The second-order valence-corrected chi connectivity index (χ2v) is 5.11. The van der Waals surface area contributed by atoms with E-state index in [2.05, 4.69) is 14.9 Å². The van der Waals surface area contributed by atoms with Gasteiger partial charge in [-0.1, -0.05) is 0 Å². The lowest BCUT2D eigenvalue weighted by Gasteiger charge is -2.15. The molecular weight excluding hydrogens is 270 g/mol. The van der Waals surface area contributed by atoms with Crippen molar-refractivity contribution in [3.8, 4) is 5.88 Å². The van der Waals surface area contributed by atoms with Gasteiger partial charge in [0.15, 0.2) is 0 Å². The smallest absolute Gasteiger partial charge is 0.335 e. The van der Waals surface area contributed by atoms with Crippen LogP contribution in [0.1, 0.15) is 23.2 Å². The van der Waals surface area contributed by atoms with Crippen molar-refractivity contribution >= 4 is 16.9 Å². The van der Waals surface area contributed by atoms with E-state index in [1.165, 1.54) is 25.2 Å². The molecule has 1 N–H and O–H groups in total. The van der Waals surface area contributed by atoms with Crippen LogP contribution < -0.4 is 4.74 Å². The molecule has 1 aromatic heterocycles. The van der Waals surface area contributed by atoms with E-state index >= 15 is 0 Å². The first kappa shape index (κ1) is 13.8. The van der Waals surface area contributed by atoms with Crippen molar-refractivity contribution in [3.63, 3.8) is 0 Å². The first-order valence-electron chi connectivity index (χ1n) is 7.07. The Balaban J connectivity index is 1.73. The summed E-state index contributed by atoms with van der Waals surface area (Å²) in [6, 6.07) is 4.78. The Labute approximate surface area is 122 Å². The number of carboxylic acids is 1. The normalized spacial score (nSPS) is 15.4. The summed E-state index contributed by atoms with van der Waals surface area (Å²) in [5.41, 5.74) is 0.797. The van der Waals surface area contributed by atoms with Gasteiger partial charge in [0.25, 0.3) is 0 Å². The number of fused-ring (bicyclic) bond motifs is 1. The summed E-state index contributed by atoms with van der Waals surface area (Å²) in [5.74, 6) is -0.455. The highest BCUT2D eigenvalue weighted by Crippen LogP contribution is 2.22. The number of rotatable bonds is 5. The van der Waals surface area contributed by atoms with Crippen molar-refractivity contribution in [3.05, 3.63) is 30.1 Å².